The Kier molecular flexibility index (Phi) is 5.48. The zero-order valence-electron chi connectivity index (χ0n) is 13.8. The van der Waals surface area contributed by atoms with E-state index in [1.165, 1.54) is 30.6 Å². The highest BCUT2D eigenvalue weighted by molar-refractivity contribution is 7.18. The molecule has 3 N–H and O–H groups in total. The SMILES string of the molecule is C[C@@H]1CCCC[C@@H]1CNC(=O)[C@@H](O)[C@@H](O)c1nc2ccccc2s1. The lowest BCUT2D eigenvalue weighted by atomic mass is 9.80. The molecule has 3 rings (SSSR count). The summed E-state index contributed by atoms with van der Waals surface area (Å²) in [4.78, 5) is 16.5. The van der Waals surface area contributed by atoms with E-state index in [0.29, 0.717) is 23.4 Å². The third-order valence-electron chi connectivity index (χ3n) is 4.96. The van der Waals surface area contributed by atoms with E-state index in [-0.39, 0.29) is 0 Å². The monoisotopic (exact) mass is 348 g/mol. The number of thiazole rings is 1. The first kappa shape index (κ1) is 17.3. The number of nitrogens with one attached hydrogen (secondary N) is 1. The van der Waals surface area contributed by atoms with Crippen LogP contribution in [0.4, 0.5) is 0 Å². The van der Waals surface area contributed by atoms with Crippen molar-refractivity contribution in [2.45, 2.75) is 44.8 Å². The summed E-state index contributed by atoms with van der Waals surface area (Å²) >= 11 is 1.30. The van der Waals surface area contributed by atoms with E-state index < -0.39 is 18.1 Å². The average molecular weight is 348 g/mol. The molecule has 130 valence electrons. The molecule has 1 heterocycles. The number of rotatable bonds is 5. The fourth-order valence-corrected chi connectivity index (χ4v) is 4.31. The predicted molar refractivity (Wildman–Crippen MR) is 94.7 cm³/mol. The molecule has 24 heavy (non-hydrogen) atoms. The van der Waals surface area contributed by atoms with Gasteiger partial charge in [-0.05, 0) is 30.4 Å². The lowest BCUT2D eigenvalue weighted by molar-refractivity contribution is -0.135. The molecule has 1 fully saturated rings. The molecule has 1 amide bonds. The molecule has 0 unspecified atom stereocenters. The van der Waals surface area contributed by atoms with E-state index in [1.807, 2.05) is 24.3 Å². The van der Waals surface area contributed by atoms with Gasteiger partial charge in [0, 0.05) is 6.54 Å². The number of benzene rings is 1. The Balaban J connectivity index is 1.59. The Morgan fingerprint density at radius 2 is 2.08 bits per heavy atom. The fourth-order valence-electron chi connectivity index (χ4n) is 3.33. The summed E-state index contributed by atoms with van der Waals surface area (Å²) < 4.78 is 0.926. The van der Waals surface area contributed by atoms with Crippen LogP contribution < -0.4 is 5.32 Å². The lowest BCUT2D eigenvalue weighted by Crippen LogP contribution is -2.41. The van der Waals surface area contributed by atoms with Gasteiger partial charge in [0.1, 0.15) is 11.1 Å². The molecule has 0 bridgehead atoms. The molecule has 6 heteroatoms. The third-order valence-corrected chi connectivity index (χ3v) is 6.07. The van der Waals surface area contributed by atoms with Crippen molar-refractivity contribution in [1.82, 2.24) is 10.3 Å². The van der Waals surface area contributed by atoms with Gasteiger partial charge in [0.05, 0.1) is 10.2 Å². The Hall–Kier alpha value is -1.50. The van der Waals surface area contributed by atoms with Crippen LogP contribution in [0.5, 0.6) is 0 Å². The van der Waals surface area contributed by atoms with Crippen LogP contribution >= 0.6 is 11.3 Å². The van der Waals surface area contributed by atoms with Crippen molar-refractivity contribution < 1.29 is 15.0 Å². The van der Waals surface area contributed by atoms with Gasteiger partial charge in [0.15, 0.2) is 6.10 Å². The Bertz CT molecular complexity index is 669. The van der Waals surface area contributed by atoms with Crippen molar-refractivity contribution in [3.8, 4) is 0 Å². The summed E-state index contributed by atoms with van der Waals surface area (Å²) in [7, 11) is 0. The average Bonchev–Trinajstić information content (AvgIpc) is 3.03. The summed E-state index contributed by atoms with van der Waals surface area (Å²) in [6.45, 7) is 2.77. The van der Waals surface area contributed by atoms with Gasteiger partial charge in [-0.25, -0.2) is 4.98 Å². The van der Waals surface area contributed by atoms with Crippen LogP contribution in [0.1, 0.15) is 43.7 Å². The second-order valence-corrected chi connectivity index (χ2v) is 7.74. The first-order valence-corrected chi connectivity index (χ1v) is 9.37. The molecule has 0 aliphatic heterocycles. The summed E-state index contributed by atoms with van der Waals surface area (Å²) in [5, 5.41) is 23.6. The van der Waals surface area contributed by atoms with Crippen LogP contribution in [0.2, 0.25) is 0 Å². The zero-order chi connectivity index (χ0) is 17.1. The number of amides is 1. The number of para-hydroxylation sites is 1. The predicted octanol–water partition coefficient (Wildman–Crippen LogP) is 2.63. The van der Waals surface area contributed by atoms with Crippen molar-refractivity contribution in [2.75, 3.05) is 6.54 Å². The van der Waals surface area contributed by atoms with E-state index in [0.717, 1.165) is 16.6 Å². The zero-order valence-corrected chi connectivity index (χ0v) is 14.6. The summed E-state index contributed by atoms with van der Waals surface area (Å²) in [6.07, 6.45) is 1.96. The molecule has 1 aromatic heterocycles. The van der Waals surface area contributed by atoms with Crippen LogP contribution in [-0.4, -0.2) is 33.8 Å². The van der Waals surface area contributed by atoms with Crippen LogP contribution in [-0.2, 0) is 4.79 Å². The largest absolute Gasteiger partial charge is 0.383 e. The maximum absolute atomic E-state index is 12.2. The van der Waals surface area contributed by atoms with Crippen LogP contribution in [0.15, 0.2) is 24.3 Å². The van der Waals surface area contributed by atoms with Gasteiger partial charge in [-0.15, -0.1) is 11.3 Å². The highest BCUT2D eigenvalue weighted by Gasteiger charge is 2.29. The van der Waals surface area contributed by atoms with Crippen molar-refractivity contribution in [3.05, 3.63) is 29.3 Å². The second-order valence-electron chi connectivity index (χ2n) is 6.68. The van der Waals surface area contributed by atoms with Crippen LogP contribution in [0, 0.1) is 11.8 Å². The normalized spacial score (nSPS) is 23.8. The van der Waals surface area contributed by atoms with Gasteiger partial charge in [-0.1, -0.05) is 38.3 Å². The topological polar surface area (TPSA) is 82.5 Å². The summed E-state index contributed by atoms with van der Waals surface area (Å²) in [5.74, 6) is 0.513. The number of fused-ring (bicyclic) bond motifs is 1. The van der Waals surface area contributed by atoms with E-state index in [4.69, 9.17) is 0 Å². The van der Waals surface area contributed by atoms with Gasteiger partial charge >= 0.3 is 0 Å². The third kappa shape index (κ3) is 3.77. The highest BCUT2D eigenvalue weighted by atomic mass is 32.1. The minimum atomic E-state index is -1.50. The molecule has 0 radical (unpaired) electrons. The van der Waals surface area contributed by atoms with Crippen molar-refractivity contribution in [2.24, 2.45) is 11.8 Å². The number of hydrogen-bond donors (Lipinski definition) is 3. The molecule has 1 aromatic carbocycles. The van der Waals surface area contributed by atoms with Gasteiger partial charge in [-0.2, -0.15) is 0 Å². The van der Waals surface area contributed by atoms with Gasteiger partial charge < -0.3 is 15.5 Å². The molecular weight excluding hydrogens is 324 g/mol. The van der Waals surface area contributed by atoms with Gasteiger partial charge in [0.2, 0.25) is 0 Å². The number of nitrogens with zero attached hydrogens (tertiary/aromatic N) is 1. The van der Waals surface area contributed by atoms with Crippen molar-refractivity contribution in [1.29, 1.82) is 0 Å². The quantitative estimate of drug-likeness (QED) is 0.776. The minimum Gasteiger partial charge on any atom is -0.383 e. The Morgan fingerprint density at radius 1 is 1.33 bits per heavy atom. The maximum atomic E-state index is 12.2. The maximum Gasteiger partial charge on any atom is 0.252 e. The molecule has 2 aromatic rings. The Labute approximate surface area is 145 Å². The van der Waals surface area contributed by atoms with Crippen LogP contribution in [0.25, 0.3) is 10.2 Å². The second kappa shape index (κ2) is 7.59. The first-order valence-electron chi connectivity index (χ1n) is 8.55. The van der Waals surface area contributed by atoms with E-state index in [9.17, 15) is 15.0 Å². The molecule has 1 aliphatic rings. The number of aliphatic hydroxyl groups is 2. The number of hydrogen-bond acceptors (Lipinski definition) is 5. The van der Waals surface area contributed by atoms with Crippen LogP contribution in [0.3, 0.4) is 0 Å². The molecular formula is C18H24N2O3S. The molecule has 0 spiro atoms. The fraction of sp³-hybridized carbons (Fsp3) is 0.556. The molecule has 4 atom stereocenters. The lowest BCUT2D eigenvalue weighted by Gasteiger charge is -2.29. The molecule has 1 aliphatic carbocycles. The first-order chi connectivity index (χ1) is 11.6. The van der Waals surface area contributed by atoms with E-state index in [2.05, 4.69) is 17.2 Å². The minimum absolute atomic E-state index is 0.366. The smallest absolute Gasteiger partial charge is 0.252 e. The number of aliphatic hydroxyl groups excluding tert-OH is 2. The summed E-state index contributed by atoms with van der Waals surface area (Å²) in [5.41, 5.74) is 0.764. The highest BCUT2D eigenvalue weighted by Crippen LogP contribution is 2.30. The number of carbonyl (C=O) groups is 1. The summed E-state index contributed by atoms with van der Waals surface area (Å²) in [6, 6.07) is 7.51. The van der Waals surface area contributed by atoms with Gasteiger partial charge in [0.25, 0.3) is 5.91 Å². The molecule has 0 saturated heterocycles. The molecule has 5 nitrogen and oxygen atoms in total. The Morgan fingerprint density at radius 3 is 2.83 bits per heavy atom. The molecule has 1 saturated carbocycles. The van der Waals surface area contributed by atoms with Crippen molar-refractivity contribution in [3.63, 3.8) is 0 Å². The van der Waals surface area contributed by atoms with Crippen molar-refractivity contribution >= 4 is 27.5 Å². The number of aromatic nitrogens is 1. The standard InChI is InChI=1S/C18H24N2O3S/c1-11-6-2-3-7-12(11)10-19-17(23)15(21)16(22)18-20-13-8-4-5-9-14(13)24-18/h4-5,8-9,11-12,15-16,21-22H,2-3,6-7,10H2,1H3,(H,19,23)/t11-,12-,15+,16-/m1/s1. The van der Waals surface area contributed by atoms with E-state index >= 15 is 0 Å². The van der Waals surface area contributed by atoms with E-state index in [1.54, 1.807) is 0 Å². The van der Waals surface area contributed by atoms with Gasteiger partial charge in [-0.3, -0.25) is 4.79 Å². The number of carbonyl (C=O) groups excluding carboxylic acids is 1.